The maximum absolute atomic E-state index is 9.15. The van der Waals surface area contributed by atoms with Gasteiger partial charge in [-0.3, -0.25) is 0 Å². The van der Waals surface area contributed by atoms with Crippen LogP contribution in [0, 0.1) is 16.7 Å². The first-order valence-electron chi connectivity index (χ1n) is 5.69. The molecule has 2 aliphatic rings. The minimum absolute atomic E-state index is 0.431. The van der Waals surface area contributed by atoms with Crippen molar-refractivity contribution in [1.29, 1.82) is 0 Å². The van der Waals surface area contributed by atoms with Crippen LogP contribution in [0.15, 0.2) is 0 Å². The normalized spacial score (nSPS) is 43.2. The maximum Gasteiger partial charge on any atom is 0.0464 e. The van der Waals surface area contributed by atoms with Gasteiger partial charge < -0.3 is 5.11 Å². The lowest BCUT2D eigenvalue weighted by Gasteiger charge is -2.22. The average molecular weight is 182 g/mol. The summed E-state index contributed by atoms with van der Waals surface area (Å²) < 4.78 is 0. The Morgan fingerprint density at radius 3 is 2.54 bits per heavy atom. The highest BCUT2D eigenvalue weighted by Gasteiger charge is 2.53. The van der Waals surface area contributed by atoms with Crippen molar-refractivity contribution >= 4 is 0 Å². The fourth-order valence-corrected chi connectivity index (χ4v) is 3.06. The van der Waals surface area contributed by atoms with Crippen LogP contribution < -0.4 is 0 Å². The van der Waals surface area contributed by atoms with Crippen molar-refractivity contribution in [1.82, 2.24) is 0 Å². The zero-order valence-corrected chi connectivity index (χ0v) is 8.97. The highest BCUT2D eigenvalue weighted by atomic mass is 16.3. The van der Waals surface area contributed by atoms with Gasteiger partial charge in [0.15, 0.2) is 0 Å². The largest absolute Gasteiger partial charge is 0.396 e. The highest BCUT2D eigenvalue weighted by Crippen LogP contribution is 2.61. The summed E-state index contributed by atoms with van der Waals surface area (Å²) in [4.78, 5) is 0. The van der Waals surface area contributed by atoms with E-state index in [1.54, 1.807) is 0 Å². The summed E-state index contributed by atoms with van der Waals surface area (Å²) in [6.07, 6.45) is 8.17. The van der Waals surface area contributed by atoms with Gasteiger partial charge in [-0.15, -0.1) is 0 Å². The first kappa shape index (κ1) is 9.51. The second-order valence-electron chi connectivity index (χ2n) is 5.96. The van der Waals surface area contributed by atoms with Gasteiger partial charge in [-0.1, -0.05) is 20.3 Å². The average Bonchev–Trinajstić information content (AvgIpc) is 2.78. The van der Waals surface area contributed by atoms with Gasteiger partial charge in [-0.25, -0.2) is 0 Å². The molecule has 2 rings (SSSR count). The number of aliphatic hydroxyl groups is 1. The molecule has 2 saturated carbocycles. The maximum atomic E-state index is 9.15. The molecule has 0 amide bonds. The van der Waals surface area contributed by atoms with Gasteiger partial charge in [0.05, 0.1) is 0 Å². The summed E-state index contributed by atoms with van der Waals surface area (Å²) in [6.45, 7) is 5.21. The molecule has 0 aromatic carbocycles. The third-order valence-electron chi connectivity index (χ3n) is 4.41. The second-order valence-corrected chi connectivity index (χ2v) is 5.96. The Kier molecular flexibility index (Phi) is 2.18. The van der Waals surface area contributed by atoms with Crippen LogP contribution in [-0.4, -0.2) is 11.7 Å². The Labute approximate surface area is 81.5 Å². The van der Waals surface area contributed by atoms with Gasteiger partial charge in [-0.05, 0) is 48.9 Å². The molecule has 1 N–H and O–H groups in total. The monoisotopic (exact) mass is 182 g/mol. The molecule has 1 nitrogen and oxygen atoms in total. The van der Waals surface area contributed by atoms with E-state index >= 15 is 0 Å². The Hall–Kier alpha value is -0.0400. The fraction of sp³-hybridized carbons (Fsp3) is 1.00. The Morgan fingerprint density at radius 2 is 1.92 bits per heavy atom. The summed E-state index contributed by atoms with van der Waals surface area (Å²) in [5.41, 5.74) is 1.15. The molecule has 0 bridgehead atoms. The minimum Gasteiger partial charge on any atom is -0.396 e. The molecular formula is C12H22O. The zero-order chi connectivity index (χ0) is 9.53. The van der Waals surface area contributed by atoms with Crippen LogP contribution >= 0.6 is 0 Å². The number of rotatable bonds is 1. The summed E-state index contributed by atoms with van der Waals surface area (Å²) in [7, 11) is 0. The Morgan fingerprint density at radius 1 is 1.15 bits per heavy atom. The van der Waals surface area contributed by atoms with Crippen molar-refractivity contribution in [3.05, 3.63) is 0 Å². The smallest absolute Gasteiger partial charge is 0.0464 e. The first-order valence-corrected chi connectivity index (χ1v) is 5.69. The van der Waals surface area contributed by atoms with Gasteiger partial charge in [0.25, 0.3) is 0 Å². The molecule has 2 fully saturated rings. The Bertz CT molecular complexity index is 197. The number of hydrogen-bond acceptors (Lipinski definition) is 1. The van der Waals surface area contributed by atoms with Crippen LogP contribution in [0.25, 0.3) is 0 Å². The molecular weight excluding hydrogens is 160 g/mol. The zero-order valence-electron chi connectivity index (χ0n) is 8.97. The quantitative estimate of drug-likeness (QED) is 0.661. The molecule has 76 valence electrons. The molecule has 2 atom stereocenters. The van der Waals surface area contributed by atoms with Crippen molar-refractivity contribution in [2.24, 2.45) is 16.7 Å². The predicted molar refractivity (Wildman–Crippen MR) is 54.5 cm³/mol. The number of hydrogen-bond donors (Lipinski definition) is 1. The molecule has 0 aliphatic heterocycles. The topological polar surface area (TPSA) is 20.2 Å². The van der Waals surface area contributed by atoms with Crippen LogP contribution in [0.3, 0.4) is 0 Å². The molecule has 0 heterocycles. The third kappa shape index (κ3) is 1.76. The van der Waals surface area contributed by atoms with Gasteiger partial charge in [0.1, 0.15) is 0 Å². The van der Waals surface area contributed by atoms with Crippen molar-refractivity contribution in [2.45, 2.75) is 52.4 Å². The summed E-state index contributed by atoms with van der Waals surface area (Å²) >= 11 is 0. The predicted octanol–water partition coefficient (Wildman–Crippen LogP) is 2.98. The van der Waals surface area contributed by atoms with Gasteiger partial charge >= 0.3 is 0 Å². The van der Waals surface area contributed by atoms with E-state index in [1.807, 2.05) is 0 Å². The standard InChI is InChI=1S/C12H22O/c1-11(2)4-3-5-12(7-6-11)8-10(12)9-13/h10,13H,3-9H2,1-2H3. The number of aliphatic hydroxyl groups excluding tert-OH is 1. The molecule has 0 radical (unpaired) electrons. The van der Waals surface area contributed by atoms with Crippen molar-refractivity contribution in [2.75, 3.05) is 6.61 Å². The summed E-state index contributed by atoms with van der Waals surface area (Å²) in [5, 5.41) is 9.15. The fourth-order valence-electron chi connectivity index (χ4n) is 3.06. The molecule has 1 spiro atoms. The van der Waals surface area contributed by atoms with E-state index < -0.39 is 0 Å². The molecule has 0 aromatic heterocycles. The van der Waals surface area contributed by atoms with Crippen LogP contribution in [-0.2, 0) is 0 Å². The van der Waals surface area contributed by atoms with Crippen LogP contribution in [0.4, 0.5) is 0 Å². The lowest BCUT2D eigenvalue weighted by Crippen LogP contribution is -2.10. The van der Waals surface area contributed by atoms with Crippen LogP contribution in [0.1, 0.15) is 52.4 Å². The lowest BCUT2D eigenvalue weighted by molar-refractivity contribution is 0.235. The van der Waals surface area contributed by atoms with Crippen LogP contribution in [0.2, 0.25) is 0 Å². The van der Waals surface area contributed by atoms with E-state index in [4.69, 9.17) is 5.11 Å². The van der Waals surface area contributed by atoms with Crippen molar-refractivity contribution < 1.29 is 5.11 Å². The summed E-state index contributed by atoms with van der Waals surface area (Å²) in [6, 6.07) is 0. The van der Waals surface area contributed by atoms with Gasteiger partial charge in [-0.2, -0.15) is 0 Å². The second kappa shape index (κ2) is 2.98. The molecule has 0 aromatic rings. The van der Waals surface area contributed by atoms with Crippen molar-refractivity contribution in [3.63, 3.8) is 0 Å². The van der Waals surface area contributed by atoms with E-state index in [9.17, 15) is 0 Å². The van der Waals surface area contributed by atoms with E-state index in [2.05, 4.69) is 13.8 Å². The van der Waals surface area contributed by atoms with Crippen LogP contribution in [0.5, 0.6) is 0 Å². The molecule has 13 heavy (non-hydrogen) atoms. The summed E-state index contributed by atoms with van der Waals surface area (Å²) in [5.74, 6) is 0.654. The Balaban J connectivity index is 1.96. The molecule has 2 aliphatic carbocycles. The molecule has 0 saturated heterocycles. The van der Waals surface area contributed by atoms with Gasteiger partial charge in [0.2, 0.25) is 0 Å². The molecule has 2 unspecified atom stereocenters. The highest BCUT2D eigenvalue weighted by molar-refractivity contribution is 5.03. The van der Waals surface area contributed by atoms with Crippen molar-refractivity contribution in [3.8, 4) is 0 Å². The van der Waals surface area contributed by atoms with E-state index in [0.717, 1.165) is 0 Å². The lowest BCUT2D eigenvalue weighted by atomic mass is 9.84. The SMILES string of the molecule is CC1(C)CCCC2(CC1)CC2CO. The molecule has 1 heteroatoms. The van der Waals surface area contributed by atoms with E-state index in [1.165, 1.54) is 38.5 Å². The van der Waals surface area contributed by atoms with Gasteiger partial charge in [0, 0.05) is 6.61 Å². The minimum atomic E-state index is 0.431. The van der Waals surface area contributed by atoms with E-state index in [-0.39, 0.29) is 0 Å². The van der Waals surface area contributed by atoms with E-state index in [0.29, 0.717) is 23.4 Å². The third-order valence-corrected chi connectivity index (χ3v) is 4.41. The first-order chi connectivity index (χ1) is 6.08.